The van der Waals surface area contributed by atoms with Crippen LogP contribution >= 0.6 is 0 Å². The van der Waals surface area contributed by atoms with Gasteiger partial charge in [0.1, 0.15) is 5.82 Å². The lowest BCUT2D eigenvalue weighted by atomic mass is 10.0. The summed E-state index contributed by atoms with van der Waals surface area (Å²) < 4.78 is 14.4. The average molecular weight is 285 g/mol. The van der Waals surface area contributed by atoms with E-state index in [2.05, 4.69) is 11.2 Å². The fraction of sp³-hybridized carbons (Fsp3) is 0.188. The van der Waals surface area contributed by atoms with Gasteiger partial charge in [0.2, 0.25) is 0 Å². The van der Waals surface area contributed by atoms with Crippen molar-refractivity contribution in [2.24, 2.45) is 10.9 Å². The highest BCUT2D eigenvalue weighted by molar-refractivity contribution is 5.97. The van der Waals surface area contributed by atoms with Crippen LogP contribution < -0.4 is 10.6 Å². The number of benzene rings is 2. The summed E-state index contributed by atoms with van der Waals surface area (Å²) in [5.74, 6) is -0.477. The standard InChI is InChI=1S/C16H16FN3O/c17-13-10-12(16(18)19-21)7-8-15(13)20-9-3-5-11-4-1-2-6-14(11)20/h1-2,4,6-8,10,21H,3,5,9H2,(H2,18,19). The molecule has 108 valence electrons. The van der Waals surface area contributed by atoms with Gasteiger partial charge in [0.25, 0.3) is 0 Å². The van der Waals surface area contributed by atoms with E-state index in [-0.39, 0.29) is 11.7 Å². The second kappa shape index (κ2) is 5.44. The molecule has 0 unspecified atom stereocenters. The molecule has 3 rings (SSSR count). The molecule has 0 aromatic heterocycles. The van der Waals surface area contributed by atoms with Gasteiger partial charge in [0.15, 0.2) is 5.84 Å². The Balaban J connectivity index is 2.02. The van der Waals surface area contributed by atoms with Crippen molar-refractivity contribution in [2.75, 3.05) is 11.4 Å². The number of nitrogens with two attached hydrogens (primary N) is 1. The zero-order valence-corrected chi connectivity index (χ0v) is 11.5. The molecule has 21 heavy (non-hydrogen) atoms. The first-order valence-corrected chi connectivity index (χ1v) is 6.83. The number of nitrogens with zero attached hydrogens (tertiary/aromatic N) is 2. The lowest BCUT2D eigenvalue weighted by Crippen LogP contribution is -2.25. The Hall–Kier alpha value is -2.56. The fourth-order valence-corrected chi connectivity index (χ4v) is 2.73. The number of hydrogen-bond acceptors (Lipinski definition) is 3. The van der Waals surface area contributed by atoms with E-state index in [1.807, 2.05) is 23.1 Å². The molecule has 3 N–H and O–H groups in total. The second-order valence-electron chi connectivity index (χ2n) is 5.04. The van der Waals surface area contributed by atoms with Gasteiger partial charge in [0, 0.05) is 17.8 Å². The van der Waals surface area contributed by atoms with E-state index >= 15 is 0 Å². The normalized spacial score (nSPS) is 14.9. The summed E-state index contributed by atoms with van der Waals surface area (Å²) in [6.45, 7) is 0.775. The van der Waals surface area contributed by atoms with Crippen LogP contribution in [0.15, 0.2) is 47.6 Å². The molecule has 2 aromatic rings. The molecular weight excluding hydrogens is 269 g/mol. The fourth-order valence-electron chi connectivity index (χ4n) is 2.73. The number of rotatable bonds is 2. The van der Waals surface area contributed by atoms with E-state index in [1.165, 1.54) is 11.6 Å². The number of halogens is 1. The number of aryl methyl sites for hydroxylation is 1. The number of para-hydroxylation sites is 1. The van der Waals surface area contributed by atoms with E-state index in [4.69, 9.17) is 10.9 Å². The third-order valence-electron chi connectivity index (χ3n) is 3.75. The van der Waals surface area contributed by atoms with Crippen LogP contribution in [0.3, 0.4) is 0 Å². The van der Waals surface area contributed by atoms with Crippen molar-refractivity contribution in [3.05, 3.63) is 59.4 Å². The van der Waals surface area contributed by atoms with Crippen LogP contribution in [0.25, 0.3) is 0 Å². The molecule has 0 saturated carbocycles. The van der Waals surface area contributed by atoms with Crippen molar-refractivity contribution in [3.63, 3.8) is 0 Å². The Morgan fingerprint density at radius 1 is 1.19 bits per heavy atom. The van der Waals surface area contributed by atoms with Crippen LogP contribution in [0.5, 0.6) is 0 Å². The molecule has 0 bridgehead atoms. The predicted molar refractivity (Wildman–Crippen MR) is 80.7 cm³/mol. The van der Waals surface area contributed by atoms with Gasteiger partial charge in [-0.1, -0.05) is 23.4 Å². The topological polar surface area (TPSA) is 61.9 Å². The first-order chi connectivity index (χ1) is 10.2. The molecule has 0 saturated heterocycles. The van der Waals surface area contributed by atoms with Gasteiger partial charge in [-0.3, -0.25) is 0 Å². The van der Waals surface area contributed by atoms with Crippen molar-refractivity contribution in [1.82, 2.24) is 0 Å². The summed E-state index contributed by atoms with van der Waals surface area (Å²) in [5.41, 5.74) is 8.63. The molecule has 1 aliphatic rings. The quantitative estimate of drug-likeness (QED) is 0.386. The van der Waals surface area contributed by atoms with Crippen molar-refractivity contribution in [1.29, 1.82) is 0 Å². The van der Waals surface area contributed by atoms with Gasteiger partial charge in [0.05, 0.1) is 5.69 Å². The summed E-state index contributed by atoms with van der Waals surface area (Å²) in [5, 5.41) is 11.5. The highest BCUT2D eigenvalue weighted by atomic mass is 19.1. The summed E-state index contributed by atoms with van der Waals surface area (Å²) >= 11 is 0. The Morgan fingerprint density at radius 2 is 2.00 bits per heavy atom. The van der Waals surface area contributed by atoms with Crippen molar-refractivity contribution < 1.29 is 9.60 Å². The highest BCUT2D eigenvalue weighted by Crippen LogP contribution is 2.34. The van der Waals surface area contributed by atoms with Crippen molar-refractivity contribution in [2.45, 2.75) is 12.8 Å². The molecule has 5 heteroatoms. The largest absolute Gasteiger partial charge is 0.409 e. The Kier molecular flexibility index (Phi) is 3.48. The van der Waals surface area contributed by atoms with Gasteiger partial charge in [-0.25, -0.2) is 4.39 Å². The summed E-state index contributed by atoms with van der Waals surface area (Å²) in [4.78, 5) is 1.98. The van der Waals surface area contributed by atoms with E-state index < -0.39 is 0 Å². The zero-order chi connectivity index (χ0) is 14.8. The van der Waals surface area contributed by atoms with Crippen molar-refractivity contribution in [3.8, 4) is 0 Å². The molecule has 4 nitrogen and oxygen atoms in total. The highest BCUT2D eigenvalue weighted by Gasteiger charge is 2.20. The predicted octanol–water partition coefficient (Wildman–Crippen LogP) is 3.00. The van der Waals surface area contributed by atoms with Crippen LogP contribution in [0, 0.1) is 5.82 Å². The van der Waals surface area contributed by atoms with Crippen LogP contribution in [0.1, 0.15) is 17.5 Å². The number of amidine groups is 1. The first kappa shape index (κ1) is 13.4. The summed E-state index contributed by atoms with van der Waals surface area (Å²) in [7, 11) is 0. The maximum atomic E-state index is 14.4. The van der Waals surface area contributed by atoms with Gasteiger partial charge in [-0.2, -0.15) is 0 Å². The molecule has 0 spiro atoms. The van der Waals surface area contributed by atoms with E-state index in [9.17, 15) is 4.39 Å². The second-order valence-corrected chi connectivity index (χ2v) is 5.04. The zero-order valence-electron chi connectivity index (χ0n) is 11.5. The average Bonchev–Trinajstić information content (AvgIpc) is 2.53. The van der Waals surface area contributed by atoms with E-state index in [0.29, 0.717) is 11.3 Å². The lowest BCUT2D eigenvalue weighted by Gasteiger charge is -2.31. The van der Waals surface area contributed by atoms with Crippen molar-refractivity contribution >= 4 is 17.2 Å². The summed E-state index contributed by atoms with van der Waals surface area (Å²) in [6, 6.07) is 12.7. The first-order valence-electron chi connectivity index (χ1n) is 6.83. The third-order valence-corrected chi connectivity index (χ3v) is 3.75. The van der Waals surface area contributed by atoms with Crippen LogP contribution in [0.4, 0.5) is 15.8 Å². The molecule has 0 aliphatic carbocycles. The molecular formula is C16H16FN3O. The van der Waals surface area contributed by atoms with Gasteiger partial charge < -0.3 is 15.8 Å². The number of oxime groups is 1. The molecule has 0 atom stereocenters. The van der Waals surface area contributed by atoms with Crippen LogP contribution in [-0.2, 0) is 6.42 Å². The van der Waals surface area contributed by atoms with E-state index in [0.717, 1.165) is 25.1 Å². The third kappa shape index (κ3) is 2.42. The SMILES string of the molecule is N/C(=N\O)c1ccc(N2CCCc3ccccc32)c(F)c1. The smallest absolute Gasteiger partial charge is 0.170 e. The molecule has 2 aromatic carbocycles. The van der Waals surface area contributed by atoms with Gasteiger partial charge in [-0.15, -0.1) is 0 Å². The monoisotopic (exact) mass is 285 g/mol. The van der Waals surface area contributed by atoms with Crippen LogP contribution in [-0.4, -0.2) is 17.6 Å². The maximum absolute atomic E-state index is 14.4. The summed E-state index contributed by atoms with van der Waals surface area (Å²) in [6.07, 6.45) is 1.99. The Morgan fingerprint density at radius 3 is 2.76 bits per heavy atom. The minimum atomic E-state index is -0.379. The molecule has 1 aliphatic heterocycles. The number of hydrogen-bond donors (Lipinski definition) is 2. The number of anilines is 2. The maximum Gasteiger partial charge on any atom is 0.170 e. The van der Waals surface area contributed by atoms with E-state index in [1.54, 1.807) is 12.1 Å². The lowest BCUT2D eigenvalue weighted by molar-refractivity contribution is 0.318. The molecule has 0 amide bonds. The minimum Gasteiger partial charge on any atom is -0.409 e. The molecule has 0 radical (unpaired) electrons. The molecule has 0 fully saturated rings. The Bertz CT molecular complexity index is 700. The minimum absolute atomic E-state index is 0.0977. The number of fused-ring (bicyclic) bond motifs is 1. The molecule has 1 heterocycles. The van der Waals surface area contributed by atoms with Gasteiger partial charge >= 0.3 is 0 Å². The van der Waals surface area contributed by atoms with Crippen LogP contribution in [0.2, 0.25) is 0 Å². The Labute approximate surface area is 122 Å². The van der Waals surface area contributed by atoms with Gasteiger partial charge in [-0.05, 0) is 42.7 Å².